The van der Waals surface area contributed by atoms with Crippen LogP contribution in [-0.4, -0.2) is 162 Å². The van der Waals surface area contributed by atoms with E-state index in [0.717, 1.165) is 32.1 Å². The van der Waals surface area contributed by atoms with Gasteiger partial charge in [0.1, 0.15) is 53.6 Å². The minimum Gasteiger partial charge on any atom is -0.508 e. The number of amides is 11. The van der Waals surface area contributed by atoms with E-state index in [4.69, 9.17) is 17.2 Å². The number of allylic oxidation sites excluding steroid dienone is 4. The van der Waals surface area contributed by atoms with Gasteiger partial charge in [-0.15, -0.1) is 0 Å². The highest BCUT2D eigenvalue weighted by Gasteiger charge is 2.39. The normalized spacial score (nSPS) is 18.0. The van der Waals surface area contributed by atoms with Crippen LogP contribution >= 0.6 is 0 Å². The van der Waals surface area contributed by atoms with Crippen molar-refractivity contribution in [3.8, 4) is 5.75 Å². The number of rotatable bonds is 33. The molecule has 0 aromatic heterocycles. The SMILES string of the molecule is C=C1/C=C\C=C/CNC=C1C[C@H](NC(=O)[C@H](CCCNC(N)=NC)NC(=O)[C@H](CC1CC1)NC(=O)CNC(=O)[C@H](CC1CCCCC1)NC(=O)[C@@H](NC(=O)[C@H](CC(N)=O)NC(=O)C(C)(C)NC(=O)[C@@H](Cc1ccc(O)cc1)NC(C)=O)[C@@H](C)O)C(N)=O. The molecule has 1 aromatic rings. The summed E-state index contributed by atoms with van der Waals surface area (Å²) in [6.45, 7) is 9.10. The van der Waals surface area contributed by atoms with Gasteiger partial charge in [-0.2, -0.15) is 0 Å². The lowest BCUT2D eigenvalue weighted by Gasteiger charge is -2.31. The van der Waals surface area contributed by atoms with Gasteiger partial charge in [-0.05, 0) is 87.1 Å². The first-order valence-corrected chi connectivity index (χ1v) is 29.3. The van der Waals surface area contributed by atoms with E-state index in [1.807, 2.05) is 12.2 Å². The molecule has 0 spiro atoms. The third-order valence-electron chi connectivity index (χ3n) is 14.8. The van der Waals surface area contributed by atoms with Crippen molar-refractivity contribution in [1.29, 1.82) is 0 Å². The van der Waals surface area contributed by atoms with Gasteiger partial charge in [-0.3, -0.25) is 57.7 Å². The van der Waals surface area contributed by atoms with Crippen LogP contribution < -0.4 is 75.7 Å². The zero-order chi connectivity index (χ0) is 64.4. The molecule has 0 saturated heterocycles. The average Bonchev–Trinajstić information content (AvgIpc) is 2.72. The molecule has 1 aromatic carbocycles. The van der Waals surface area contributed by atoms with Gasteiger partial charge in [0, 0.05) is 46.1 Å². The van der Waals surface area contributed by atoms with E-state index in [9.17, 15) is 63.0 Å². The Morgan fingerprint density at radius 1 is 0.701 bits per heavy atom. The number of primary amides is 2. The highest BCUT2D eigenvalue weighted by atomic mass is 16.3. The number of nitrogens with one attached hydrogen (secondary N) is 11. The van der Waals surface area contributed by atoms with Gasteiger partial charge in [0.15, 0.2) is 5.96 Å². The minimum atomic E-state index is -1.81. The zero-order valence-corrected chi connectivity index (χ0v) is 50.3. The van der Waals surface area contributed by atoms with E-state index in [1.165, 1.54) is 46.9 Å². The summed E-state index contributed by atoms with van der Waals surface area (Å²) in [5.74, 6) is -9.34. The summed E-state index contributed by atoms with van der Waals surface area (Å²) in [6, 6.07) is -3.85. The summed E-state index contributed by atoms with van der Waals surface area (Å²) in [7, 11) is 1.49. The Hall–Kier alpha value is -8.82. The van der Waals surface area contributed by atoms with Crippen LogP contribution in [0.4, 0.5) is 0 Å². The first-order valence-electron chi connectivity index (χ1n) is 29.3. The second kappa shape index (κ2) is 35.0. The molecule has 28 heteroatoms. The van der Waals surface area contributed by atoms with E-state index in [0.29, 0.717) is 42.5 Å². The monoisotopic (exact) mass is 1220 g/mol. The van der Waals surface area contributed by atoms with Crippen LogP contribution in [0.25, 0.3) is 0 Å². The smallest absolute Gasteiger partial charge is 0.245 e. The Morgan fingerprint density at radius 3 is 1.92 bits per heavy atom. The molecule has 3 aliphatic rings. The van der Waals surface area contributed by atoms with Crippen LogP contribution in [0, 0.1) is 11.8 Å². The Bertz CT molecular complexity index is 2750. The molecule has 2 fully saturated rings. The molecule has 4 rings (SSSR count). The number of nitrogens with two attached hydrogens (primary N) is 3. The second-order valence-corrected chi connectivity index (χ2v) is 22.8. The van der Waals surface area contributed by atoms with Crippen LogP contribution in [0.3, 0.4) is 0 Å². The van der Waals surface area contributed by atoms with E-state index >= 15 is 0 Å². The minimum absolute atomic E-state index is 0.0250. The van der Waals surface area contributed by atoms with Crippen molar-refractivity contribution in [2.24, 2.45) is 34.0 Å². The number of benzene rings is 1. The molecule has 11 amide bonds. The number of hydrogen-bond donors (Lipinski definition) is 16. The zero-order valence-electron chi connectivity index (χ0n) is 50.3. The van der Waals surface area contributed by atoms with Crippen LogP contribution in [0.5, 0.6) is 5.75 Å². The van der Waals surface area contributed by atoms with Gasteiger partial charge in [-0.25, -0.2) is 0 Å². The number of carbonyl (C=O) groups is 11. The number of phenols is 1. The van der Waals surface area contributed by atoms with Gasteiger partial charge >= 0.3 is 0 Å². The molecule has 478 valence electrons. The van der Waals surface area contributed by atoms with E-state index in [1.54, 1.807) is 30.5 Å². The van der Waals surface area contributed by atoms with E-state index in [2.05, 4.69) is 70.1 Å². The molecule has 87 heavy (non-hydrogen) atoms. The quantitative estimate of drug-likeness (QED) is 0.0201. The van der Waals surface area contributed by atoms with Crippen LogP contribution in [0.1, 0.15) is 117 Å². The maximum Gasteiger partial charge on any atom is 0.245 e. The number of phenolic OH excluding ortho intramolecular Hbond substituents is 1. The van der Waals surface area contributed by atoms with Crippen molar-refractivity contribution in [3.63, 3.8) is 0 Å². The van der Waals surface area contributed by atoms with Crippen LogP contribution in [0.15, 0.2) is 77.5 Å². The van der Waals surface area contributed by atoms with Crippen LogP contribution in [0.2, 0.25) is 0 Å². The summed E-state index contributed by atoms with van der Waals surface area (Å²) in [5.41, 5.74) is 17.0. The maximum atomic E-state index is 14.2. The summed E-state index contributed by atoms with van der Waals surface area (Å²) >= 11 is 0. The maximum absolute atomic E-state index is 14.2. The third kappa shape index (κ3) is 25.3. The lowest BCUT2D eigenvalue weighted by molar-refractivity contribution is -0.138. The van der Waals surface area contributed by atoms with Crippen molar-refractivity contribution in [2.45, 2.75) is 172 Å². The number of hydrogen-bond acceptors (Lipinski definition) is 15. The fourth-order valence-electron chi connectivity index (χ4n) is 9.70. The fourth-order valence-corrected chi connectivity index (χ4v) is 9.70. The fraction of sp³-hybridized carbons (Fsp3) is 0.559. The molecule has 28 nitrogen and oxygen atoms in total. The summed E-state index contributed by atoms with van der Waals surface area (Å²) < 4.78 is 0. The van der Waals surface area contributed by atoms with Gasteiger partial charge < -0.3 is 85.9 Å². The van der Waals surface area contributed by atoms with Gasteiger partial charge in [0.05, 0.1) is 19.1 Å². The lowest BCUT2D eigenvalue weighted by Crippen LogP contribution is -2.64. The highest BCUT2D eigenvalue weighted by Crippen LogP contribution is 2.34. The number of aliphatic imine (C=N–C) groups is 1. The number of nitrogens with zero attached hydrogens (tertiary/aromatic N) is 1. The Labute approximate surface area is 506 Å². The molecule has 2 saturated carbocycles. The molecule has 19 N–H and O–H groups in total. The molecule has 2 aliphatic carbocycles. The van der Waals surface area contributed by atoms with Crippen LogP contribution in [-0.2, 0) is 59.2 Å². The largest absolute Gasteiger partial charge is 0.508 e. The lowest BCUT2D eigenvalue weighted by atomic mass is 9.84. The number of aliphatic hydroxyl groups excluding tert-OH is 1. The van der Waals surface area contributed by atoms with Crippen molar-refractivity contribution in [2.75, 3.05) is 26.7 Å². The van der Waals surface area contributed by atoms with Crippen molar-refractivity contribution < 1.29 is 63.0 Å². The summed E-state index contributed by atoms with van der Waals surface area (Å²) in [6.07, 6.45) is 12.7. The topological polar surface area (TPSA) is 451 Å². The summed E-state index contributed by atoms with van der Waals surface area (Å²) in [5, 5.41) is 49.6. The second-order valence-electron chi connectivity index (χ2n) is 22.8. The molecule has 0 unspecified atom stereocenters. The van der Waals surface area contributed by atoms with E-state index < -0.39 is 132 Å². The predicted molar refractivity (Wildman–Crippen MR) is 322 cm³/mol. The van der Waals surface area contributed by atoms with E-state index in [-0.39, 0.29) is 62.2 Å². The first kappa shape index (κ1) is 70.7. The molecular weight excluding hydrogens is 1130 g/mol. The third-order valence-corrected chi connectivity index (χ3v) is 14.8. The van der Waals surface area contributed by atoms with Gasteiger partial charge in [0.2, 0.25) is 65.0 Å². The van der Waals surface area contributed by atoms with Crippen molar-refractivity contribution in [3.05, 3.63) is 78.1 Å². The molecule has 8 atom stereocenters. The highest BCUT2D eigenvalue weighted by molar-refractivity contribution is 6.00. The Kier molecular flexibility index (Phi) is 28.4. The number of guanidine groups is 1. The molecule has 1 heterocycles. The van der Waals surface area contributed by atoms with Crippen molar-refractivity contribution >= 4 is 70.9 Å². The van der Waals surface area contributed by atoms with Gasteiger partial charge in [-0.1, -0.05) is 88.0 Å². The Balaban J connectivity index is 1.47. The van der Waals surface area contributed by atoms with Gasteiger partial charge in [0.25, 0.3) is 0 Å². The standard InChI is InChI=1S/C59H89N15O13/c1-33-14-9-8-12-24-64-31-39(33)29-42(50(61)80)70-52(82)41(17-13-25-65-58(62)63-6)69-53(83)44(27-37-18-19-37)68-48(79)32-66-51(81)43(26-36-15-10-7-11-16-36)71-56(86)49(34(2)75)73-54(84)46(30-47(60)78)72-57(87)59(4,5)74-55(85)45(67-35(3)76)28-38-20-22-40(77)23-21-38/h8-9,12,14,20-23,31,34,36-37,41-46,49,64,75,77H,1,7,10-11,13,15-19,24-30,32H2,2-6H3,(H2,60,78)(H2,61,80)(H,66,81)(H,67,76)(H,68,79)(H,69,83)(H,70,82)(H,71,86)(H,72,87)(H,73,84)(H,74,85)(H3,62,63,65)/b12-8-,14-9-,39-31?/t34-,41+,42+,43+,44+,45-,46+,49+/m1/s1. The molecule has 0 radical (unpaired) electrons. The molecular formula is C59H89N15O13. The first-order chi connectivity index (χ1) is 41.1. The van der Waals surface area contributed by atoms with Crippen molar-refractivity contribution in [1.82, 2.24) is 58.5 Å². The number of carbonyl (C=O) groups excluding carboxylic acids is 11. The number of aromatic hydroxyl groups is 1. The number of aliphatic hydroxyl groups is 1. The summed E-state index contributed by atoms with van der Waals surface area (Å²) in [4.78, 5) is 153. The molecule has 0 bridgehead atoms. The predicted octanol–water partition coefficient (Wildman–Crippen LogP) is -2.27. The average molecular weight is 1220 g/mol. The Morgan fingerprint density at radius 2 is 1.31 bits per heavy atom. The molecule has 1 aliphatic heterocycles.